The van der Waals surface area contributed by atoms with Crippen molar-refractivity contribution in [2.24, 2.45) is 0 Å². The molecule has 0 saturated carbocycles. The Hall–Kier alpha value is -3.36. The van der Waals surface area contributed by atoms with E-state index in [1.54, 1.807) is 24.3 Å². The lowest BCUT2D eigenvalue weighted by Gasteiger charge is -2.12. The van der Waals surface area contributed by atoms with Crippen LogP contribution < -0.4 is 14.8 Å². The van der Waals surface area contributed by atoms with E-state index in [1.165, 1.54) is 18.4 Å². The number of nitrogens with zero attached hydrogens (tertiary/aromatic N) is 2. The molecule has 7 nitrogen and oxygen atoms in total. The van der Waals surface area contributed by atoms with E-state index < -0.39 is 0 Å². The van der Waals surface area contributed by atoms with Gasteiger partial charge in [0.05, 0.1) is 24.1 Å². The van der Waals surface area contributed by atoms with E-state index in [2.05, 4.69) is 15.5 Å². The second kappa shape index (κ2) is 9.42. The summed E-state index contributed by atoms with van der Waals surface area (Å²) in [5.41, 5.74) is 3.59. The van der Waals surface area contributed by atoms with Crippen LogP contribution in [0.5, 0.6) is 11.5 Å². The Morgan fingerprint density at radius 3 is 2.72 bits per heavy atom. The summed E-state index contributed by atoms with van der Waals surface area (Å²) in [5.74, 6) is 1.36. The lowest BCUT2D eigenvalue weighted by molar-refractivity contribution is 0.102. The van der Waals surface area contributed by atoms with Crippen LogP contribution in [0.4, 0.5) is 5.13 Å². The highest BCUT2D eigenvalue weighted by atomic mass is 35.5. The summed E-state index contributed by atoms with van der Waals surface area (Å²) >= 11 is 7.56. The molecule has 0 bridgehead atoms. The Kier molecular flexibility index (Phi) is 6.43. The average Bonchev–Trinajstić information content (AvgIpc) is 3.38. The molecule has 0 unspecified atom stereocenters. The van der Waals surface area contributed by atoms with Gasteiger partial charge in [0.1, 0.15) is 12.4 Å². The van der Waals surface area contributed by atoms with Crippen LogP contribution in [-0.2, 0) is 6.61 Å². The normalized spacial score (nSPS) is 10.8. The summed E-state index contributed by atoms with van der Waals surface area (Å²) in [6.07, 6.45) is 0. The van der Waals surface area contributed by atoms with Gasteiger partial charge in [0.2, 0.25) is 0 Å². The van der Waals surface area contributed by atoms with Crippen molar-refractivity contribution in [2.75, 3.05) is 12.4 Å². The van der Waals surface area contributed by atoms with Crippen molar-refractivity contribution in [3.05, 3.63) is 75.4 Å². The smallest absolute Gasteiger partial charge is 0.257 e. The van der Waals surface area contributed by atoms with Crippen molar-refractivity contribution in [1.29, 1.82) is 0 Å². The quantitative estimate of drug-likeness (QED) is 0.362. The van der Waals surface area contributed by atoms with Crippen LogP contribution >= 0.6 is 22.9 Å². The molecule has 9 heteroatoms. The number of carbonyl (C=O) groups excluding carboxylic acids is 1. The molecule has 4 rings (SSSR count). The lowest BCUT2D eigenvalue weighted by atomic mass is 10.2. The molecular formula is C23H20ClN3O4S. The maximum Gasteiger partial charge on any atom is 0.257 e. The molecule has 2 heterocycles. The molecule has 1 N–H and O–H groups in total. The fourth-order valence-electron chi connectivity index (χ4n) is 3.08. The van der Waals surface area contributed by atoms with Gasteiger partial charge in [-0.2, -0.15) is 0 Å². The predicted molar refractivity (Wildman–Crippen MR) is 124 cm³/mol. The van der Waals surface area contributed by atoms with Crippen molar-refractivity contribution in [3.8, 4) is 22.8 Å². The van der Waals surface area contributed by atoms with Gasteiger partial charge in [-0.1, -0.05) is 35.0 Å². The SMILES string of the molecule is COc1cc(C(=O)Nc2nc(-c3ccccc3Cl)cs2)ccc1OCc1c(C)noc1C. The summed E-state index contributed by atoms with van der Waals surface area (Å²) < 4.78 is 16.4. The highest BCUT2D eigenvalue weighted by Gasteiger charge is 2.16. The summed E-state index contributed by atoms with van der Waals surface area (Å²) in [4.78, 5) is 17.2. The van der Waals surface area contributed by atoms with Crippen LogP contribution in [0.3, 0.4) is 0 Å². The highest BCUT2D eigenvalue weighted by molar-refractivity contribution is 7.14. The molecule has 0 spiro atoms. The largest absolute Gasteiger partial charge is 0.493 e. The Balaban J connectivity index is 1.47. The number of amides is 1. The minimum Gasteiger partial charge on any atom is -0.493 e. The van der Waals surface area contributed by atoms with E-state index in [-0.39, 0.29) is 12.5 Å². The lowest BCUT2D eigenvalue weighted by Crippen LogP contribution is -2.12. The number of methoxy groups -OCH3 is 1. The van der Waals surface area contributed by atoms with E-state index in [9.17, 15) is 4.79 Å². The zero-order valence-corrected chi connectivity index (χ0v) is 19.2. The topological polar surface area (TPSA) is 86.5 Å². The number of aryl methyl sites for hydroxylation is 2. The number of rotatable bonds is 7. The molecule has 0 saturated heterocycles. The molecule has 0 aliphatic carbocycles. The van der Waals surface area contributed by atoms with Crippen LogP contribution in [0, 0.1) is 13.8 Å². The van der Waals surface area contributed by atoms with Crippen LogP contribution in [0.2, 0.25) is 5.02 Å². The first-order valence-corrected chi connectivity index (χ1v) is 11.0. The van der Waals surface area contributed by atoms with Crippen LogP contribution in [0.25, 0.3) is 11.3 Å². The number of hydrogen-bond donors (Lipinski definition) is 1. The van der Waals surface area contributed by atoms with Gasteiger partial charge in [0, 0.05) is 21.5 Å². The number of carbonyl (C=O) groups is 1. The van der Waals surface area contributed by atoms with Crippen LogP contribution in [0.1, 0.15) is 27.4 Å². The summed E-state index contributed by atoms with van der Waals surface area (Å²) in [7, 11) is 1.52. The number of hydrogen-bond acceptors (Lipinski definition) is 7. The van der Waals surface area contributed by atoms with Gasteiger partial charge in [-0.3, -0.25) is 10.1 Å². The van der Waals surface area contributed by atoms with E-state index >= 15 is 0 Å². The number of anilines is 1. The summed E-state index contributed by atoms with van der Waals surface area (Å²) in [6.45, 7) is 3.97. The maximum atomic E-state index is 12.8. The molecule has 32 heavy (non-hydrogen) atoms. The van der Waals surface area contributed by atoms with Gasteiger partial charge in [0.15, 0.2) is 16.6 Å². The third-order valence-electron chi connectivity index (χ3n) is 4.85. The Labute approximate surface area is 193 Å². The second-order valence-electron chi connectivity index (χ2n) is 6.93. The third-order valence-corrected chi connectivity index (χ3v) is 5.94. The molecule has 4 aromatic rings. The molecule has 2 aromatic carbocycles. The maximum absolute atomic E-state index is 12.8. The molecule has 0 atom stereocenters. The number of ether oxygens (including phenoxy) is 2. The first-order valence-electron chi connectivity index (χ1n) is 9.70. The molecule has 1 amide bonds. The van der Waals surface area contributed by atoms with E-state index in [4.69, 9.17) is 25.6 Å². The molecular weight excluding hydrogens is 450 g/mol. The summed E-state index contributed by atoms with van der Waals surface area (Å²) in [6, 6.07) is 12.4. The highest BCUT2D eigenvalue weighted by Crippen LogP contribution is 2.32. The first kappa shape index (κ1) is 21.9. The molecule has 2 aromatic heterocycles. The predicted octanol–water partition coefficient (Wildman–Crippen LogP) is 5.91. The number of aromatic nitrogens is 2. The summed E-state index contributed by atoms with van der Waals surface area (Å²) in [5, 5.41) is 9.67. The molecule has 164 valence electrons. The standard InChI is InChI=1S/C23H20ClN3O4S/c1-13-17(14(2)31-27-13)11-30-20-9-8-15(10-21(20)29-3)22(28)26-23-25-19(12-32-23)16-6-4-5-7-18(16)24/h4-10,12H,11H2,1-3H3,(H,25,26,28). The first-order chi connectivity index (χ1) is 15.5. The third kappa shape index (κ3) is 4.61. The van der Waals surface area contributed by atoms with Crippen molar-refractivity contribution in [1.82, 2.24) is 10.1 Å². The molecule has 0 aliphatic heterocycles. The Bertz CT molecular complexity index is 1250. The fourth-order valence-corrected chi connectivity index (χ4v) is 4.02. The van der Waals surface area contributed by atoms with E-state index in [0.717, 1.165) is 16.8 Å². The zero-order chi connectivity index (χ0) is 22.7. The van der Waals surface area contributed by atoms with Crippen molar-refractivity contribution < 1.29 is 18.8 Å². The van der Waals surface area contributed by atoms with Gasteiger partial charge in [-0.05, 0) is 38.1 Å². The van der Waals surface area contributed by atoms with E-state index in [1.807, 2.05) is 37.4 Å². The number of halogens is 1. The van der Waals surface area contributed by atoms with E-state index in [0.29, 0.717) is 38.7 Å². The van der Waals surface area contributed by atoms with Crippen molar-refractivity contribution >= 4 is 34.0 Å². The minimum absolute atomic E-state index is 0.285. The second-order valence-corrected chi connectivity index (χ2v) is 8.19. The molecule has 0 radical (unpaired) electrons. The van der Waals surface area contributed by atoms with Crippen LogP contribution in [-0.4, -0.2) is 23.2 Å². The molecule has 0 aliphatic rings. The van der Waals surface area contributed by atoms with Crippen molar-refractivity contribution in [2.45, 2.75) is 20.5 Å². The van der Waals surface area contributed by atoms with Gasteiger partial charge < -0.3 is 14.0 Å². The molecule has 0 fully saturated rings. The van der Waals surface area contributed by atoms with Crippen LogP contribution in [0.15, 0.2) is 52.4 Å². The number of thiazole rings is 1. The van der Waals surface area contributed by atoms with Crippen molar-refractivity contribution in [3.63, 3.8) is 0 Å². The van der Waals surface area contributed by atoms with Gasteiger partial charge >= 0.3 is 0 Å². The minimum atomic E-state index is -0.305. The monoisotopic (exact) mass is 469 g/mol. The fraction of sp³-hybridized carbons (Fsp3) is 0.174. The van der Waals surface area contributed by atoms with Gasteiger partial charge in [-0.25, -0.2) is 4.98 Å². The Morgan fingerprint density at radius 2 is 2.00 bits per heavy atom. The number of nitrogens with one attached hydrogen (secondary N) is 1. The Morgan fingerprint density at radius 1 is 1.19 bits per heavy atom. The van der Waals surface area contributed by atoms with Gasteiger partial charge in [-0.15, -0.1) is 11.3 Å². The van der Waals surface area contributed by atoms with Gasteiger partial charge in [0.25, 0.3) is 5.91 Å². The average molecular weight is 470 g/mol. The zero-order valence-electron chi connectivity index (χ0n) is 17.6. The number of benzene rings is 2.